The Bertz CT molecular complexity index is 666. The Balaban J connectivity index is 6.08. The summed E-state index contributed by atoms with van der Waals surface area (Å²) >= 11 is 0. The summed E-state index contributed by atoms with van der Waals surface area (Å²) in [6, 6.07) is 0. The largest absolute Gasteiger partial charge is 0.496 e. The lowest BCUT2D eigenvalue weighted by Crippen LogP contribution is -2.64. The summed E-state index contributed by atoms with van der Waals surface area (Å²) in [4.78, 5) is 10.1. The van der Waals surface area contributed by atoms with E-state index in [1.54, 1.807) is 0 Å². The molecule has 186 valence electrons. The summed E-state index contributed by atoms with van der Waals surface area (Å²) in [6.45, 7) is -0.0817. The second-order valence-electron chi connectivity index (χ2n) is 5.03. The fourth-order valence-corrected chi connectivity index (χ4v) is 1.15. The van der Waals surface area contributed by atoms with Crippen LogP contribution in [0.3, 0.4) is 0 Å². The van der Waals surface area contributed by atoms with Crippen molar-refractivity contribution >= 4 is 5.97 Å². The molecular weight excluding hydrogens is 507 g/mol. The molecule has 0 aliphatic heterocycles. The first kappa shape index (κ1) is 29.2. The second kappa shape index (κ2) is 7.66. The molecule has 0 saturated heterocycles. The molecule has 0 bridgehead atoms. The van der Waals surface area contributed by atoms with Crippen molar-refractivity contribution < 1.29 is 93.6 Å². The van der Waals surface area contributed by atoms with Crippen LogP contribution in [-0.2, 0) is 19.0 Å². The summed E-state index contributed by atoms with van der Waals surface area (Å²) < 4.78 is 220. The smallest absolute Gasteiger partial charge is 0.394 e. The van der Waals surface area contributed by atoms with Crippen LogP contribution in [0.2, 0.25) is 0 Å². The van der Waals surface area contributed by atoms with E-state index in [0.29, 0.717) is 0 Å². The molecule has 0 rings (SSSR count). The first-order valence-electron chi connectivity index (χ1n) is 6.39. The fraction of sp³-hybridized carbons (Fsp3) is 0.900. The Kier molecular flexibility index (Phi) is 7.21. The third kappa shape index (κ3) is 5.34. The molecule has 0 radical (unpaired) electrons. The minimum atomic E-state index is -8.04. The van der Waals surface area contributed by atoms with Crippen LogP contribution in [0.25, 0.3) is 0 Å². The van der Waals surface area contributed by atoms with Gasteiger partial charge in [0.05, 0.1) is 0 Å². The maximum absolute atomic E-state index is 13.1. The Hall–Kier alpha value is -1.80. The average molecular weight is 510 g/mol. The van der Waals surface area contributed by atoms with Gasteiger partial charge in [0.2, 0.25) is 0 Å². The number of alkyl halides is 17. The van der Waals surface area contributed by atoms with Crippen molar-refractivity contribution in [2.75, 3.05) is 0 Å². The van der Waals surface area contributed by atoms with Crippen LogP contribution >= 0.6 is 0 Å². The van der Waals surface area contributed by atoms with Crippen LogP contribution in [0, 0.1) is 0 Å². The van der Waals surface area contributed by atoms with Gasteiger partial charge in [0.1, 0.15) is 0 Å². The summed E-state index contributed by atoms with van der Waals surface area (Å²) in [7, 11) is 0. The standard InChI is InChI=1S/C10H3F17O4/c1-2(28)29-9(24,25)10(26,27)31-8(22,23)4(13,14)7(20,21)30-6(18,19)3(11,12)5(15,16)17/h1H3. The third-order valence-electron chi connectivity index (χ3n) is 2.58. The summed E-state index contributed by atoms with van der Waals surface area (Å²) in [6.07, 6.45) is -44.6. The van der Waals surface area contributed by atoms with Crippen LogP contribution in [0.15, 0.2) is 0 Å². The van der Waals surface area contributed by atoms with Crippen LogP contribution in [0.5, 0.6) is 0 Å². The third-order valence-corrected chi connectivity index (χ3v) is 2.58. The van der Waals surface area contributed by atoms with E-state index in [1.807, 2.05) is 0 Å². The molecule has 21 heteroatoms. The monoisotopic (exact) mass is 510 g/mol. The predicted octanol–water partition coefficient (Wildman–Crippen LogP) is 5.38. The van der Waals surface area contributed by atoms with Gasteiger partial charge >= 0.3 is 54.5 Å². The zero-order valence-corrected chi connectivity index (χ0v) is 13.6. The molecule has 0 saturated carbocycles. The molecule has 0 unspecified atom stereocenters. The molecule has 0 spiro atoms. The molecule has 0 aromatic carbocycles. The van der Waals surface area contributed by atoms with Crippen molar-refractivity contribution in [3.8, 4) is 0 Å². The second-order valence-corrected chi connectivity index (χ2v) is 5.03. The minimum Gasteiger partial charge on any atom is -0.394 e. The Morgan fingerprint density at radius 3 is 1.06 bits per heavy atom. The number of esters is 1. The summed E-state index contributed by atoms with van der Waals surface area (Å²) in [5, 5.41) is 0. The van der Waals surface area contributed by atoms with Gasteiger partial charge in [-0.2, -0.15) is 74.6 Å². The number of hydrogen-bond acceptors (Lipinski definition) is 4. The molecule has 4 nitrogen and oxygen atoms in total. The van der Waals surface area contributed by atoms with E-state index in [4.69, 9.17) is 0 Å². The van der Waals surface area contributed by atoms with Gasteiger partial charge in [-0.05, 0) is 0 Å². The normalized spacial score (nSPS) is 15.8. The topological polar surface area (TPSA) is 44.8 Å². The first-order chi connectivity index (χ1) is 13.1. The Morgan fingerprint density at radius 1 is 0.484 bits per heavy atom. The van der Waals surface area contributed by atoms with Gasteiger partial charge < -0.3 is 4.74 Å². The first-order valence-corrected chi connectivity index (χ1v) is 6.39. The number of rotatable bonds is 9. The molecule has 0 N–H and O–H groups in total. The zero-order chi connectivity index (χ0) is 25.7. The zero-order valence-electron chi connectivity index (χ0n) is 13.6. The van der Waals surface area contributed by atoms with Crippen molar-refractivity contribution in [2.24, 2.45) is 0 Å². The van der Waals surface area contributed by atoms with E-state index >= 15 is 0 Å². The fourth-order valence-electron chi connectivity index (χ4n) is 1.15. The van der Waals surface area contributed by atoms with Crippen molar-refractivity contribution in [1.82, 2.24) is 0 Å². The van der Waals surface area contributed by atoms with E-state index in [0.717, 1.165) is 0 Å². The summed E-state index contributed by atoms with van der Waals surface area (Å²) in [5.41, 5.74) is 0. The highest BCUT2D eigenvalue weighted by molar-refractivity contribution is 5.66. The molecule has 31 heavy (non-hydrogen) atoms. The van der Waals surface area contributed by atoms with E-state index in [1.165, 1.54) is 9.47 Å². The van der Waals surface area contributed by atoms with E-state index in [2.05, 4.69) is 4.74 Å². The van der Waals surface area contributed by atoms with Gasteiger partial charge in [0.25, 0.3) is 0 Å². The molecule has 0 aromatic heterocycles. The van der Waals surface area contributed by atoms with Crippen molar-refractivity contribution in [3.63, 3.8) is 0 Å². The quantitative estimate of drug-likeness (QED) is 0.309. The number of halogens is 17. The molecule has 0 amide bonds. The SMILES string of the molecule is CC(=O)OC(F)(F)C(F)(F)OC(F)(F)C(F)(F)C(F)(F)OC(F)(F)C(F)(F)C(F)(F)F. The molecule has 0 aromatic rings. The maximum atomic E-state index is 13.1. The van der Waals surface area contributed by atoms with Crippen LogP contribution < -0.4 is 0 Å². The minimum absolute atomic E-state index is 0.0817. The van der Waals surface area contributed by atoms with Gasteiger partial charge in [-0.25, -0.2) is 9.47 Å². The van der Waals surface area contributed by atoms with Crippen LogP contribution in [-0.4, -0.2) is 54.5 Å². The van der Waals surface area contributed by atoms with Crippen LogP contribution in [0.1, 0.15) is 6.92 Å². The average Bonchev–Trinajstić information content (AvgIpc) is 2.41. The summed E-state index contributed by atoms with van der Waals surface area (Å²) in [5.74, 6) is -18.2. The molecular formula is C10H3F17O4. The van der Waals surface area contributed by atoms with Gasteiger partial charge in [-0.15, -0.1) is 0 Å². The molecule has 0 heterocycles. The Labute approximate surface area is 156 Å². The van der Waals surface area contributed by atoms with Gasteiger partial charge in [-0.1, -0.05) is 0 Å². The van der Waals surface area contributed by atoms with Gasteiger partial charge in [0.15, 0.2) is 0 Å². The number of carbonyl (C=O) groups is 1. The van der Waals surface area contributed by atoms with E-state index in [9.17, 15) is 79.4 Å². The predicted molar refractivity (Wildman–Crippen MR) is 54.6 cm³/mol. The van der Waals surface area contributed by atoms with Crippen molar-refractivity contribution in [2.45, 2.75) is 55.5 Å². The Morgan fingerprint density at radius 2 is 0.774 bits per heavy atom. The number of carbonyl (C=O) groups excluding carboxylic acids is 1. The number of hydrogen-bond donors (Lipinski definition) is 0. The highest BCUT2D eigenvalue weighted by Gasteiger charge is 2.84. The van der Waals surface area contributed by atoms with E-state index < -0.39 is 54.5 Å². The molecule has 0 fully saturated rings. The van der Waals surface area contributed by atoms with Crippen molar-refractivity contribution in [1.29, 1.82) is 0 Å². The molecule has 0 aliphatic carbocycles. The highest BCUT2D eigenvalue weighted by atomic mass is 19.4. The lowest BCUT2D eigenvalue weighted by atomic mass is 10.2. The number of ether oxygens (including phenoxy) is 3. The van der Waals surface area contributed by atoms with Crippen LogP contribution in [0.4, 0.5) is 74.6 Å². The van der Waals surface area contributed by atoms with Crippen molar-refractivity contribution in [3.05, 3.63) is 0 Å². The van der Waals surface area contributed by atoms with E-state index in [-0.39, 0.29) is 6.92 Å². The van der Waals surface area contributed by atoms with Gasteiger partial charge in [0, 0.05) is 6.92 Å². The lowest BCUT2D eigenvalue weighted by Gasteiger charge is -2.37. The van der Waals surface area contributed by atoms with Gasteiger partial charge in [-0.3, -0.25) is 4.79 Å². The lowest BCUT2D eigenvalue weighted by molar-refractivity contribution is -0.550. The molecule has 0 atom stereocenters. The maximum Gasteiger partial charge on any atom is 0.496 e. The molecule has 0 aliphatic rings. The highest BCUT2D eigenvalue weighted by Crippen LogP contribution is 2.55.